The monoisotopic (exact) mass is 439 g/mol. The zero-order valence-corrected chi connectivity index (χ0v) is 17.4. The van der Waals surface area contributed by atoms with E-state index in [4.69, 9.17) is 0 Å². The second-order valence-corrected chi connectivity index (χ2v) is 8.87. The highest BCUT2D eigenvalue weighted by Gasteiger charge is 2.20. The van der Waals surface area contributed by atoms with Crippen LogP contribution in [0.1, 0.15) is 48.7 Å². The predicted molar refractivity (Wildman–Crippen MR) is 107 cm³/mol. The van der Waals surface area contributed by atoms with E-state index in [0.29, 0.717) is 21.1 Å². The number of rotatable bonds is 6. The van der Waals surface area contributed by atoms with Gasteiger partial charge >= 0.3 is 0 Å². The minimum atomic E-state index is -0.383. The van der Waals surface area contributed by atoms with Gasteiger partial charge in [-0.2, -0.15) is 0 Å². The zero-order valence-electron chi connectivity index (χ0n) is 15.0. The van der Waals surface area contributed by atoms with Crippen LogP contribution < -0.4 is 5.32 Å². The van der Waals surface area contributed by atoms with Crippen LogP contribution in [0, 0.1) is 5.82 Å². The van der Waals surface area contributed by atoms with Gasteiger partial charge in [0.2, 0.25) is 5.91 Å². The van der Waals surface area contributed by atoms with Gasteiger partial charge in [-0.15, -0.1) is 11.3 Å². The lowest BCUT2D eigenvalue weighted by Gasteiger charge is -2.14. The Labute approximate surface area is 165 Å². The van der Waals surface area contributed by atoms with Crippen LogP contribution in [-0.4, -0.2) is 28.9 Å². The third-order valence-corrected chi connectivity index (χ3v) is 6.24. The molecule has 1 aliphatic heterocycles. The van der Waals surface area contributed by atoms with Crippen LogP contribution in [0.3, 0.4) is 0 Å². The first-order valence-corrected chi connectivity index (χ1v) is 10.5. The van der Waals surface area contributed by atoms with Gasteiger partial charge in [-0.3, -0.25) is 9.69 Å². The number of likely N-dealkylation sites (tertiary alicyclic amines) is 1. The fourth-order valence-corrected chi connectivity index (χ4v) is 4.46. The highest BCUT2D eigenvalue weighted by molar-refractivity contribution is 9.10. The molecule has 1 aliphatic rings. The predicted octanol–water partition coefficient (Wildman–Crippen LogP) is 4.95. The van der Waals surface area contributed by atoms with Crippen LogP contribution in [0.4, 0.5) is 9.52 Å². The largest absolute Gasteiger partial charge is 0.302 e. The SMILES string of the molecule is CC(C)c1sc(NC(=O)Cc2ccc(Br)cc2F)nc1CN1CCCC1. The number of halogens is 2. The number of nitrogens with zero attached hydrogens (tertiary/aromatic N) is 2. The molecule has 140 valence electrons. The summed E-state index contributed by atoms with van der Waals surface area (Å²) >= 11 is 4.75. The van der Waals surface area contributed by atoms with Crippen molar-refractivity contribution in [3.05, 3.63) is 44.6 Å². The molecule has 0 bridgehead atoms. The summed E-state index contributed by atoms with van der Waals surface area (Å²) in [6.07, 6.45) is 2.48. The third-order valence-electron chi connectivity index (χ3n) is 4.44. The van der Waals surface area contributed by atoms with E-state index >= 15 is 0 Å². The summed E-state index contributed by atoms with van der Waals surface area (Å²) in [6, 6.07) is 4.73. The Morgan fingerprint density at radius 1 is 1.38 bits per heavy atom. The molecule has 0 unspecified atom stereocenters. The summed E-state index contributed by atoms with van der Waals surface area (Å²) in [5.41, 5.74) is 1.43. The molecular weight excluding hydrogens is 417 g/mol. The zero-order chi connectivity index (χ0) is 18.7. The van der Waals surface area contributed by atoms with Crippen LogP contribution in [0.25, 0.3) is 0 Å². The maximum atomic E-state index is 13.9. The molecule has 1 aromatic carbocycles. The van der Waals surface area contributed by atoms with Crippen LogP contribution in [-0.2, 0) is 17.8 Å². The van der Waals surface area contributed by atoms with Crippen molar-refractivity contribution in [3.8, 4) is 0 Å². The molecule has 2 aromatic rings. The number of hydrogen-bond acceptors (Lipinski definition) is 4. The molecule has 7 heteroatoms. The molecule has 4 nitrogen and oxygen atoms in total. The van der Waals surface area contributed by atoms with E-state index in [2.05, 4.69) is 45.0 Å². The topological polar surface area (TPSA) is 45.2 Å². The molecular formula is C19H23BrFN3OS. The lowest BCUT2D eigenvalue weighted by molar-refractivity contribution is -0.115. The second-order valence-electron chi connectivity index (χ2n) is 6.93. The number of anilines is 1. The molecule has 0 spiro atoms. The summed E-state index contributed by atoms with van der Waals surface area (Å²) in [5.74, 6) is -0.270. The first-order chi connectivity index (χ1) is 12.4. The Balaban J connectivity index is 1.69. The standard InChI is InChI=1S/C19H23BrFN3OS/c1-12(2)18-16(11-24-7-3-4-8-24)22-19(26-18)23-17(25)9-13-5-6-14(20)10-15(13)21/h5-6,10,12H,3-4,7-9,11H2,1-2H3,(H,22,23,25). The van der Waals surface area contributed by atoms with Gasteiger partial charge in [0.1, 0.15) is 5.82 Å². The Bertz CT molecular complexity index is 787. The molecule has 0 radical (unpaired) electrons. The molecule has 0 saturated carbocycles. The first kappa shape index (κ1) is 19.5. The number of aromatic nitrogens is 1. The average molecular weight is 440 g/mol. The molecule has 3 rings (SSSR count). The van der Waals surface area contributed by atoms with Gasteiger partial charge in [-0.1, -0.05) is 35.8 Å². The van der Waals surface area contributed by atoms with E-state index in [1.165, 1.54) is 35.1 Å². The number of carbonyl (C=O) groups excluding carboxylic acids is 1. The van der Waals surface area contributed by atoms with E-state index in [0.717, 1.165) is 25.3 Å². The average Bonchev–Trinajstić information content (AvgIpc) is 3.20. The van der Waals surface area contributed by atoms with Gasteiger partial charge in [0.25, 0.3) is 0 Å². The maximum absolute atomic E-state index is 13.9. The summed E-state index contributed by atoms with van der Waals surface area (Å²) in [6.45, 7) is 7.34. The van der Waals surface area contributed by atoms with Gasteiger partial charge in [0, 0.05) is 15.9 Å². The van der Waals surface area contributed by atoms with Crippen molar-refractivity contribution in [3.63, 3.8) is 0 Å². The summed E-state index contributed by atoms with van der Waals surface area (Å²) in [5, 5.41) is 3.45. The fourth-order valence-electron chi connectivity index (χ4n) is 3.14. The van der Waals surface area contributed by atoms with E-state index in [9.17, 15) is 9.18 Å². The van der Waals surface area contributed by atoms with Crippen LogP contribution >= 0.6 is 27.3 Å². The van der Waals surface area contributed by atoms with Crippen molar-refractivity contribution >= 4 is 38.3 Å². The van der Waals surface area contributed by atoms with E-state index in [1.54, 1.807) is 12.1 Å². The molecule has 2 heterocycles. The number of hydrogen-bond donors (Lipinski definition) is 1. The van der Waals surface area contributed by atoms with Crippen molar-refractivity contribution in [2.24, 2.45) is 0 Å². The molecule has 1 aromatic heterocycles. The van der Waals surface area contributed by atoms with Crippen molar-refractivity contribution in [2.75, 3.05) is 18.4 Å². The van der Waals surface area contributed by atoms with Gasteiger partial charge in [-0.05, 0) is 49.5 Å². The van der Waals surface area contributed by atoms with E-state index in [1.807, 2.05) is 0 Å². The van der Waals surface area contributed by atoms with Crippen molar-refractivity contribution in [1.82, 2.24) is 9.88 Å². The number of nitrogens with one attached hydrogen (secondary N) is 1. The molecule has 1 saturated heterocycles. The van der Waals surface area contributed by atoms with Gasteiger partial charge in [0.05, 0.1) is 12.1 Å². The molecule has 0 aliphatic carbocycles. The fraction of sp³-hybridized carbons (Fsp3) is 0.474. The van der Waals surface area contributed by atoms with Crippen molar-refractivity contribution in [1.29, 1.82) is 0 Å². The molecule has 26 heavy (non-hydrogen) atoms. The van der Waals surface area contributed by atoms with Crippen LogP contribution in [0.15, 0.2) is 22.7 Å². The normalized spacial score (nSPS) is 15.0. The summed E-state index contributed by atoms with van der Waals surface area (Å²) in [4.78, 5) is 20.6. The first-order valence-electron chi connectivity index (χ1n) is 8.88. The van der Waals surface area contributed by atoms with Gasteiger partial charge < -0.3 is 5.32 Å². The summed E-state index contributed by atoms with van der Waals surface area (Å²) < 4.78 is 14.6. The number of amides is 1. The molecule has 1 amide bonds. The smallest absolute Gasteiger partial charge is 0.230 e. The van der Waals surface area contributed by atoms with Crippen molar-refractivity contribution < 1.29 is 9.18 Å². The number of carbonyl (C=O) groups is 1. The third kappa shape index (κ3) is 4.90. The molecule has 1 N–H and O–H groups in total. The van der Waals surface area contributed by atoms with E-state index < -0.39 is 0 Å². The number of benzene rings is 1. The minimum Gasteiger partial charge on any atom is -0.302 e. The van der Waals surface area contributed by atoms with Crippen LogP contribution in [0.5, 0.6) is 0 Å². The van der Waals surface area contributed by atoms with E-state index in [-0.39, 0.29) is 18.1 Å². The van der Waals surface area contributed by atoms with Crippen molar-refractivity contribution in [2.45, 2.75) is 45.6 Å². The van der Waals surface area contributed by atoms with Gasteiger partial charge in [0.15, 0.2) is 5.13 Å². The molecule has 0 atom stereocenters. The van der Waals surface area contributed by atoms with Crippen LogP contribution in [0.2, 0.25) is 0 Å². The number of thiazole rings is 1. The highest BCUT2D eigenvalue weighted by atomic mass is 79.9. The Morgan fingerprint density at radius 2 is 2.12 bits per heavy atom. The highest BCUT2D eigenvalue weighted by Crippen LogP contribution is 2.31. The lowest BCUT2D eigenvalue weighted by atomic mass is 10.1. The molecule has 1 fully saturated rings. The minimum absolute atomic E-state index is 0.00281. The summed E-state index contributed by atoms with van der Waals surface area (Å²) in [7, 11) is 0. The Kier molecular flexibility index (Phi) is 6.42. The second kappa shape index (κ2) is 8.59. The Hall–Kier alpha value is -1.31. The quantitative estimate of drug-likeness (QED) is 0.692. The Morgan fingerprint density at radius 3 is 2.77 bits per heavy atom. The lowest BCUT2D eigenvalue weighted by Crippen LogP contribution is -2.19. The maximum Gasteiger partial charge on any atom is 0.230 e. The van der Waals surface area contributed by atoms with Gasteiger partial charge in [-0.25, -0.2) is 9.37 Å².